The molecule has 2 atom stereocenters. The van der Waals surface area contributed by atoms with Crippen LogP contribution in [-0.2, 0) is 4.74 Å². The van der Waals surface area contributed by atoms with Gasteiger partial charge in [0.2, 0.25) is 0 Å². The zero-order valence-electron chi connectivity index (χ0n) is 15.0. The molecule has 2 unspecified atom stereocenters. The Morgan fingerprint density at radius 3 is 2.55 bits per heavy atom. The van der Waals surface area contributed by atoms with Gasteiger partial charge in [0, 0.05) is 39.3 Å². The van der Waals surface area contributed by atoms with Gasteiger partial charge in [0.25, 0.3) is 0 Å². The molecule has 2 N–H and O–H groups in total. The summed E-state index contributed by atoms with van der Waals surface area (Å²) in [5, 5.41) is 6.59. The summed E-state index contributed by atoms with van der Waals surface area (Å²) in [5.41, 5.74) is 0. The van der Waals surface area contributed by atoms with Crippen molar-refractivity contribution in [2.75, 3.05) is 52.5 Å². The smallest absolute Gasteiger partial charge is 0.191 e. The molecule has 0 aromatic heterocycles. The van der Waals surface area contributed by atoms with Crippen molar-refractivity contribution < 1.29 is 4.74 Å². The fraction of sp³-hybridized carbons (Fsp3) is 0.941. The number of nitrogens with one attached hydrogen (secondary N) is 2. The highest BCUT2D eigenvalue weighted by Crippen LogP contribution is 2.20. The van der Waals surface area contributed by atoms with E-state index in [-0.39, 0.29) is 0 Å². The van der Waals surface area contributed by atoms with Gasteiger partial charge in [-0.25, -0.2) is 0 Å². The van der Waals surface area contributed by atoms with Gasteiger partial charge in [0.05, 0.1) is 6.61 Å². The Kier molecular flexibility index (Phi) is 10.2. The third-order valence-electron chi connectivity index (χ3n) is 3.93. The van der Waals surface area contributed by atoms with Gasteiger partial charge in [-0.05, 0) is 45.1 Å². The Bertz CT molecular complexity index is 299. The van der Waals surface area contributed by atoms with Gasteiger partial charge in [0.15, 0.2) is 5.96 Å². The fourth-order valence-corrected chi connectivity index (χ4v) is 3.19. The summed E-state index contributed by atoms with van der Waals surface area (Å²) in [6, 6.07) is 0. The van der Waals surface area contributed by atoms with Gasteiger partial charge in [0.1, 0.15) is 0 Å². The Morgan fingerprint density at radius 1 is 1.18 bits per heavy atom. The lowest BCUT2D eigenvalue weighted by Gasteiger charge is -2.34. The number of likely N-dealkylation sites (tertiary alicyclic amines) is 1. The monoisotopic (exact) mass is 312 g/mol. The lowest BCUT2D eigenvalue weighted by Crippen LogP contribution is -2.40. The highest BCUT2D eigenvalue weighted by atomic mass is 16.5. The van der Waals surface area contributed by atoms with Crippen molar-refractivity contribution in [2.24, 2.45) is 16.8 Å². The number of nitrogens with zero attached hydrogens (tertiary/aromatic N) is 2. The molecule has 0 spiro atoms. The Balaban J connectivity index is 2.22. The van der Waals surface area contributed by atoms with Crippen molar-refractivity contribution in [3.05, 3.63) is 0 Å². The summed E-state index contributed by atoms with van der Waals surface area (Å²) < 4.78 is 5.34. The molecule has 5 heteroatoms. The van der Waals surface area contributed by atoms with E-state index in [0.29, 0.717) is 0 Å². The minimum absolute atomic E-state index is 0.727. The second kappa shape index (κ2) is 11.7. The second-order valence-corrected chi connectivity index (χ2v) is 6.44. The van der Waals surface area contributed by atoms with Gasteiger partial charge >= 0.3 is 0 Å². The minimum atomic E-state index is 0.727. The van der Waals surface area contributed by atoms with Crippen molar-refractivity contribution >= 4 is 5.96 Å². The third kappa shape index (κ3) is 8.59. The highest BCUT2D eigenvalue weighted by molar-refractivity contribution is 5.79. The van der Waals surface area contributed by atoms with Crippen molar-refractivity contribution in [3.63, 3.8) is 0 Å². The topological polar surface area (TPSA) is 48.9 Å². The van der Waals surface area contributed by atoms with Crippen molar-refractivity contribution in [3.8, 4) is 0 Å². The quantitative estimate of drug-likeness (QED) is 0.388. The molecule has 22 heavy (non-hydrogen) atoms. The summed E-state index contributed by atoms with van der Waals surface area (Å²) in [6.45, 7) is 16.6. The largest absolute Gasteiger partial charge is 0.380 e. The standard InChI is InChI=1S/C17H36N4O/c1-5-18-17(20-9-11-22-6-2)19-8-7-10-21-13-15(3)12-16(4)14-21/h15-16H,5-14H2,1-4H3,(H2,18,19,20). The van der Waals surface area contributed by atoms with Crippen LogP contribution in [0.1, 0.15) is 40.5 Å². The zero-order chi connectivity index (χ0) is 16.2. The van der Waals surface area contributed by atoms with Crippen LogP contribution < -0.4 is 10.6 Å². The Labute approximate surface area is 136 Å². The van der Waals surface area contributed by atoms with E-state index in [0.717, 1.165) is 63.6 Å². The molecule has 1 aliphatic heterocycles. The van der Waals surface area contributed by atoms with E-state index in [1.165, 1.54) is 19.5 Å². The molecule has 0 aromatic carbocycles. The molecular formula is C17H36N4O. The molecule has 0 amide bonds. The lowest BCUT2D eigenvalue weighted by atomic mass is 9.92. The van der Waals surface area contributed by atoms with E-state index in [9.17, 15) is 0 Å². The lowest BCUT2D eigenvalue weighted by molar-refractivity contribution is 0.140. The van der Waals surface area contributed by atoms with Crippen molar-refractivity contribution in [1.82, 2.24) is 15.5 Å². The molecule has 5 nitrogen and oxygen atoms in total. The highest BCUT2D eigenvalue weighted by Gasteiger charge is 2.20. The van der Waals surface area contributed by atoms with Gasteiger partial charge in [-0.3, -0.25) is 4.99 Å². The Morgan fingerprint density at radius 2 is 1.91 bits per heavy atom. The van der Waals surface area contributed by atoms with E-state index in [1.54, 1.807) is 0 Å². The maximum atomic E-state index is 5.34. The fourth-order valence-electron chi connectivity index (χ4n) is 3.19. The minimum Gasteiger partial charge on any atom is -0.380 e. The first-order valence-electron chi connectivity index (χ1n) is 8.97. The molecule has 0 aromatic rings. The van der Waals surface area contributed by atoms with E-state index in [2.05, 4.69) is 41.3 Å². The van der Waals surface area contributed by atoms with E-state index < -0.39 is 0 Å². The number of rotatable bonds is 9. The predicted molar refractivity (Wildman–Crippen MR) is 94.5 cm³/mol. The molecule has 0 radical (unpaired) electrons. The van der Waals surface area contributed by atoms with E-state index in [1.807, 2.05) is 6.92 Å². The van der Waals surface area contributed by atoms with Crippen LogP contribution in [0.15, 0.2) is 4.99 Å². The molecule has 0 bridgehead atoms. The summed E-state index contributed by atoms with van der Waals surface area (Å²) in [4.78, 5) is 7.25. The van der Waals surface area contributed by atoms with Gasteiger partial charge in [-0.1, -0.05) is 13.8 Å². The number of aliphatic imine (C=N–C) groups is 1. The van der Waals surface area contributed by atoms with Crippen LogP contribution in [0, 0.1) is 11.8 Å². The first kappa shape index (κ1) is 19.2. The average molecular weight is 313 g/mol. The molecule has 1 fully saturated rings. The first-order valence-corrected chi connectivity index (χ1v) is 8.97. The van der Waals surface area contributed by atoms with Crippen LogP contribution in [0.5, 0.6) is 0 Å². The van der Waals surface area contributed by atoms with Gasteiger partial charge in [-0.15, -0.1) is 0 Å². The normalized spacial score (nSPS) is 23.5. The molecule has 1 heterocycles. The molecule has 0 saturated carbocycles. The average Bonchev–Trinajstić information content (AvgIpc) is 2.47. The van der Waals surface area contributed by atoms with Crippen molar-refractivity contribution in [2.45, 2.75) is 40.5 Å². The third-order valence-corrected chi connectivity index (χ3v) is 3.93. The van der Waals surface area contributed by atoms with Crippen LogP contribution in [0.25, 0.3) is 0 Å². The maximum Gasteiger partial charge on any atom is 0.191 e. The van der Waals surface area contributed by atoms with Crippen LogP contribution >= 0.6 is 0 Å². The van der Waals surface area contributed by atoms with Crippen LogP contribution in [-0.4, -0.2) is 63.3 Å². The van der Waals surface area contributed by atoms with Crippen molar-refractivity contribution in [1.29, 1.82) is 0 Å². The molecule has 1 rings (SSSR count). The van der Waals surface area contributed by atoms with Crippen LogP contribution in [0.4, 0.5) is 0 Å². The summed E-state index contributed by atoms with van der Waals surface area (Å²) in [5.74, 6) is 2.58. The number of guanidine groups is 1. The number of hydrogen-bond donors (Lipinski definition) is 2. The summed E-state index contributed by atoms with van der Waals surface area (Å²) in [6.07, 6.45) is 2.50. The van der Waals surface area contributed by atoms with Crippen LogP contribution in [0.2, 0.25) is 0 Å². The van der Waals surface area contributed by atoms with E-state index in [4.69, 9.17) is 4.74 Å². The van der Waals surface area contributed by atoms with Crippen LogP contribution in [0.3, 0.4) is 0 Å². The zero-order valence-corrected chi connectivity index (χ0v) is 15.0. The number of hydrogen-bond acceptors (Lipinski definition) is 3. The summed E-state index contributed by atoms with van der Waals surface area (Å²) >= 11 is 0. The summed E-state index contributed by atoms with van der Waals surface area (Å²) in [7, 11) is 0. The molecule has 1 aliphatic rings. The van der Waals surface area contributed by atoms with E-state index >= 15 is 0 Å². The molecule has 0 aliphatic carbocycles. The molecular weight excluding hydrogens is 276 g/mol. The maximum absolute atomic E-state index is 5.34. The predicted octanol–water partition coefficient (Wildman–Crippen LogP) is 1.95. The second-order valence-electron chi connectivity index (χ2n) is 6.44. The number of piperidine rings is 1. The SMILES string of the molecule is CCNC(=NCCCN1CC(C)CC(C)C1)NCCOCC. The number of ether oxygens (including phenoxy) is 1. The first-order chi connectivity index (χ1) is 10.7. The van der Waals surface area contributed by atoms with Gasteiger partial charge < -0.3 is 20.3 Å². The molecule has 1 saturated heterocycles. The van der Waals surface area contributed by atoms with Gasteiger partial charge in [-0.2, -0.15) is 0 Å². The Hall–Kier alpha value is -0.810. The molecule has 130 valence electrons.